The van der Waals surface area contributed by atoms with Gasteiger partial charge in [0.05, 0.1) is 16.9 Å². The molecule has 0 saturated carbocycles. The van der Waals surface area contributed by atoms with E-state index in [1.807, 2.05) is 72.8 Å². The van der Waals surface area contributed by atoms with Gasteiger partial charge in [-0.1, -0.05) is 42.5 Å². The minimum atomic E-state index is -0.380. The minimum Gasteiger partial charge on any atom is -0.369 e. The molecule has 0 unspecified atom stereocenters. The number of benzene rings is 3. The lowest BCUT2D eigenvalue weighted by atomic mass is 10.0. The molecule has 8 heteroatoms. The molecule has 0 radical (unpaired) electrons. The zero-order valence-corrected chi connectivity index (χ0v) is 20.9. The molecule has 0 aliphatic rings. The molecule has 0 bridgehead atoms. The minimum absolute atomic E-state index is 0.380. The Labute approximate surface area is 215 Å². The van der Waals surface area contributed by atoms with Crippen LogP contribution in [0.1, 0.15) is 5.56 Å². The van der Waals surface area contributed by atoms with E-state index in [0.29, 0.717) is 30.5 Å². The fraction of sp³-hybridized carbons (Fsp3) is 0.185. The number of nitrogens with zero attached hydrogens (tertiary/aromatic N) is 2. The highest BCUT2D eigenvalue weighted by atomic mass is 35.5. The van der Waals surface area contributed by atoms with Crippen LogP contribution in [0.5, 0.6) is 0 Å². The lowest BCUT2D eigenvalue weighted by molar-refractivity contribution is 0.254. The van der Waals surface area contributed by atoms with Gasteiger partial charge in [0.15, 0.2) is 0 Å². The van der Waals surface area contributed by atoms with Crippen molar-refractivity contribution in [3.63, 3.8) is 0 Å². The van der Waals surface area contributed by atoms with Gasteiger partial charge in [0.1, 0.15) is 0 Å². The van der Waals surface area contributed by atoms with E-state index in [-0.39, 0.29) is 6.03 Å². The number of para-hydroxylation sites is 1. The SMILES string of the molecule is Cc1ccccc1-c1cc(NNC(=O)Nc2ccc(N(CCCl)CCCl)cc2)c2ccccc2n1. The van der Waals surface area contributed by atoms with Gasteiger partial charge in [-0.3, -0.25) is 10.9 Å². The number of rotatable bonds is 9. The van der Waals surface area contributed by atoms with E-state index in [1.54, 1.807) is 0 Å². The number of carbonyl (C=O) groups is 1. The maximum atomic E-state index is 12.6. The van der Waals surface area contributed by atoms with Crippen molar-refractivity contribution >= 4 is 57.2 Å². The Kier molecular flexibility index (Phi) is 8.29. The second-order valence-corrected chi connectivity index (χ2v) is 8.76. The van der Waals surface area contributed by atoms with Crippen LogP contribution in [0, 0.1) is 6.92 Å². The Morgan fingerprint density at radius 3 is 2.31 bits per heavy atom. The van der Waals surface area contributed by atoms with Crippen LogP contribution in [0.25, 0.3) is 22.2 Å². The summed E-state index contributed by atoms with van der Waals surface area (Å²) in [5.74, 6) is 1.03. The monoisotopic (exact) mass is 507 g/mol. The van der Waals surface area contributed by atoms with Crippen molar-refractivity contribution in [2.75, 3.05) is 40.5 Å². The van der Waals surface area contributed by atoms with Crippen molar-refractivity contribution in [2.45, 2.75) is 6.92 Å². The first-order valence-corrected chi connectivity index (χ1v) is 12.4. The molecule has 4 aromatic rings. The van der Waals surface area contributed by atoms with Gasteiger partial charge in [0.2, 0.25) is 0 Å². The first kappa shape index (κ1) is 24.6. The third kappa shape index (κ3) is 6.15. The Bertz CT molecular complexity index is 1290. The van der Waals surface area contributed by atoms with Gasteiger partial charge >= 0.3 is 6.03 Å². The van der Waals surface area contributed by atoms with Crippen molar-refractivity contribution < 1.29 is 4.79 Å². The van der Waals surface area contributed by atoms with Gasteiger partial charge in [0.25, 0.3) is 0 Å². The normalized spacial score (nSPS) is 10.7. The largest absolute Gasteiger partial charge is 0.369 e. The van der Waals surface area contributed by atoms with Gasteiger partial charge < -0.3 is 10.2 Å². The van der Waals surface area contributed by atoms with Gasteiger partial charge in [0, 0.05) is 47.2 Å². The number of aryl methyl sites for hydroxylation is 1. The Morgan fingerprint density at radius 1 is 0.914 bits per heavy atom. The van der Waals surface area contributed by atoms with E-state index >= 15 is 0 Å². The van der Waals surface area contributed by atoms with E-state index in [1.165, 1.54) is 0 Å². The van der Waals surface area contributed by atoms with Crippen LogP contribution < -0.4 is 21.1 Å². The van der Waals surface area contributed by atoms with Gasteiger partial charge in [-0.25, -0.2) is 9.78 Å². The molecule has 4 rings (SSSR count). The average molecular weight is 508 g/mol. The molecule has 3 N–H and O–H groups in total. The van der Waals surface area contributed by atoms with Crippen LogP contribution in [0.15, 0.2) is 78.9 Å². The molecule has 1 aromatic heterocycles. The number of hydrogen-bond acceptors (Lipinski definition) is 4. The molecule has 1 heterocycles. The number of nitrogens with one attached hydrogen (secondary N) is 3. The van der Waals surface area contributed by atoms with Crippen molar-refractivity contribution in [3.05, 3.63) is 84.4 Å². The number of fused-ring (bicyclic) bond motifs is 1. The number of aromatic nitrogens is 1. The highest BCUT2D eigenvalue weighted by molar-refractivity contribution is 6.18. The lowest BCUT2D eigenvalue weighted by Gasteiger charge is -2.23. The number of hydrazine groups is 1. The van der Waals surface area contributed by atoms with Crippen molar-refractivity contribution in [1.82, 2.24) is 10.4 Å². The van der Waals surface area contributed by atoms with E-state index in [0.717, 1.165) is 39.1 Å². The molecule has 180 valence electrons. The number of carbonyl (C=O) groups excluding carboxylic acids is 1. The molecule has 0 spiro atoms. The molecule has 0 aliphatic carbocycles. The number of urea groups is 1. The third-order valence-corrected chi connectivity index (χ3v) is 5.99. The van der Waals surface area contributed by atoms with Crippen LogP contribution in [0.4, 0.5) is 21.9 Å². The average Bonchev–Trinajstić information content (AvgIpc) is 2.88. The predicted molar refractivity (Wildman–Crippen MR) is 148 cm³/mol. The topological polar surface area (TPSA) is 69.3 Å². The molecule has 0 aliphatic heterocycles. The summed E-state index contributed by atoms with van der Waals surface area (Å²) in [7, 11) is 0. The van der Waals surface area contributed by atoms with Gasteiger partial charge in [-0.15, -0.1) is 23.2 Å². The first-order valence-electron chi connectivity index (χ1n) is 11.3. The summed E-state index contributed by atoms with van der Waals surface area (Å²) in [6, 6.07) is 25.1. The molecule has 0 atom stereocenters. The lowest BCUT2D eigenvalue weighted by Crippen LogP contribution is -2.33. The van der Waals surface area contributed by atoms with Crippen molar-refractivity contribution in [1.29, 1.82) is 0 Å². The number of pyridine rings is 1. The summed E-state index contributed by atoms with van der Waals surface area (Å²) >= 11 is 11.8. The van der Waals surface area contributed by atoms with Gasteiger partial charge in [-0.2, -0.15) is 0 Å². The second-order valence-electron chi connectivity index (χ2n) is 8.00. The highest BCUT2D eigenvalue weighted by Gasteiger charge is 2.11. The Morgan fingerprint density at radius 2 is 1.60 bits per heavy atom. The van der Waals surface area contributed by atoms with Gasteiger partial charge in [-0.05, 0) is 48.9 Å². The summed E-state index contributed by atoms with van der Waals surface area (Å²) in [6.07, 6.45) is 0. The van der Waals surface area contributed by atoms with Crippen molar-refractivity contribution in [3.8, 4) is 11.3 Å². The fourth-order valence-corrected chi connectivity index (χ4v) is 4.30. The van der Waals surface area contributed by atoms with Crippen LogP contribution in [-0.2, 0) is 0 Å². The van der Waals surface area contributed by atoms with E-state index in [4.69, 9.17) is 28.2 Å². The summed E-state index contributed by atoms with van der Waals surface area (Å²) in [5.41, 5.74) is 12.1. The Balaban J connectivity index is 1.47. The van der Waals surface area contributed by atoms with E-state index in [2.05, 4.69) is 34.1 Å². The summed E-state index contributed by atoms with van der Waals surface area (Å²) in [5, 5.41) is 3.76. The number of alkyl halides is 2. The van der Waals surface area contributed by atoms with Crippen LogP contribution in [-0.4, -0.2) is 35.9 Å². The molecular weight excluding hydrogens is 481 g/mol. The maximum absolute atomic E-state index is 12.6. The number of anilines is 3. The molecule has 2 amide bonds. The first-order chi connectivity index (χ1) is 17.1. The fourth-order valence-electron chi connectivity index (χ4n) is 3.89. The second kappa shape index (κ2) is 11.8. The zero-order valence-electron chi connectivity index (χ0n) is 19.4. The molecule has 0 fully saturated rings. The molecule has 0 saturated heterocycles. The summed E-state index contributed by atoms with van der Waals surface area (Å²) in [4.78, 5) is 19.5. The highest BCUT2D eigenvalue weighted by Crippen LogP contribution is 2.29. The maximum Gasteiger partial charge on any atom is 0.337 e. The summed E-state index contributed by atoms with van der Waals surface area (Å²) < 4.78 is 0. The number of halogens is 2. The smallest absolute Gasteiger partial charge is 0.337 e. The zero-order chi connectivity index (χ0) is 24.6. The quantitative estimate of drug-likeness (QED) is 0.175. The van der Waals surface area contributed by atoms with Crippen LogP contribution >= 0.6 is 23.2 Å². The van der Waals surface area contributed by atoms with Crippen molar-refractivity contribution in [2.24, 2.45) is 0 Å². The molecule has 35 heavy (non-hydrogen) atoms. The number of hydrogen-bond donors (Lipinski definition) is 3. The predicted octanol–water partition coefficient (Wildman–Crippen LogP) is 6.64. The molecule has 3 aromatic carbocycles. The van der Waals surface area contributed by atoms with Crippen LogP contribution in [0.3, 0.4) is 0 Å². The van der Waals surface area contributed by atoms with E-state index < -0.39 is 0 Å². The van der Waals surface area contributed by atoms with E-state index in [9.17, 15) is 4.79 Å². The summed E-state index contributed by atoms with van der Waals surface area (Å²) in [6.45, 7) is 3.46. The molecular formula is C27H27Cl2N5O. The van der Waals surface area contributed by atoms with Crippen LogP contribution in [0.2, 0.25) is 0 Å². The molecule has 6 nitrogen and oxygen atoms in total. The third-order valence-electron chi connectivity index (χ3n) is 5.65. The standard InChI is InChI=1S/C27H27Cl2N5O/c1-19-6-2-3-7-22(19)25-18-26(23-8-4-5-9-24(23)31-25)32-33-27(35)30-20-10-12-21(13-11-20)34(16-14-28)17-15-29/h2-13,18H,14-17H2,1H3,(H,31,32)(H2,30,33,35). The number of amides is 2. The Hall–Kier alpha value is -3.48.